The highest BCUT2D eigenvalue weighted by Gasteiger charge is 2.54. The van der Waals surface area contributed by atoms with E-state index in [2.05, 4.69) is 0 Å². The minimum Gasteiger partial charge on any atom is -0.472 e. The van der Waals surface area contributed by atoms with Crippen LogP contribution in [0.4, 0.5) is 0 Å². The highest BCUT2D eigenvalue weighted by molar-refractivity contribution is 5.94. The van der Waals surface area contributed by atoms with E-state index in [9.17, 15) is 9.59 Å². The number of fused-ring (bicyclic) bond motifs is 2. The number of rotatable bonds is 4. The highest BCUT2D eigenvalue weighted by Crippen LogP contribution is 2.56. The normalized spacial score (nSPS) is 25.4. The Kier molecular flexibility index (Phi) is 4.69. The molecule has 0 unspecified atom stereocenters. The molecule has 0 amide bonds. The zero-order chi connectivity index (χ0) is 21.6. The summed E-state index contributed by atoms with van der Waals surface area (Å²) in [6, 6.07) is 15.8. The molecule has 1 aliphatic heterocycles. The average Bonchev–Trinajstić information content (AvgIpc) is 3.37. The van der Waals surface area contributed by atoms with Crippen molar-refractivity contribution < 1.29 is 23.5 Å². The van der Waals surface area contributed by atoms with Crippen molar-refractivity contribution in [1.29, 1.82) is 0 Å². The number of carbonyl (C=O) groups is 2. The molecule has 1 fully saturated rings. The van der Waals surface area contributed by atoms with Crippen molar-refractivity contribution >= 4 is 22.7 Å². The highest BCUT2D eigenvalue weighted by atomic mass is 16.6. The molecule has 0 N–H and O–H groups in total. The average molecular weight is 416 g/mol. The summed E-state index contributed by atoms with van der Waals surface area (Å²) < 4.78 is 16.8. The zero-order valence-electron chi connectivity index (χ0n) is 17.6. The zero-order valence-corrected chi connectivity index (χ0v) is 17.6. The molecular formula is C26H24O5. The number of ether oxygens (including phenoxy) is 2. The number of benzene rings is 2. The molecule has 0 spiro atoms. The molecule has 0 bridgehead atoms. The SMILES string of the molecule is CC1=C2C(=O)O[C@@H](c3ccoc3)[C@]2(C)CC[C@H]1OC(=O)Cc1cccc2ccccc12. The van der Waals surface area contributed by atoms with E-state index in [1.807, 2.05) is 62.4 Å². The molecule has 2 heterocycles. The Morgan fingerprint density at radius 2 is 1.97 bits per heavy atom. The molecule has 1 aliphatic carbocycles. The maximum Gasteiger partial charge on any atom is 0.335 e. The molecule has 158 valence electrons. The second-order valence-corrected chi connectivity index (χ2v) is 8.65. The third-order valence-corrected chi connectivity index (χ3v) is 6.72. The van der Waals surface area contributed by atoms with Crippen LogP contribution in [0.5, 0.6) is 0 Å². The molecule has 5 heteroatoms. The first-order chi connectivity index (χ1) is 15.0. The molecule has 3 aromatic rings. The Morgan fingerprint density at radius 3 is 2.77 bits per heavy atom. The van der Waals surface area contributed by atoms with Gasteiger partial charge >= 0.3 is 11.9 Å². The number of furan rings is 1. The second-order valence-electron chi connectivity index (χ2n) is 8.65. The van der Waals surface area contributed by atoms with Crippen LogP contribution in [0.1, 0.15) is 43.9 Å². The van der Waals surface area contributed by atoms with Crippen molar-refractivity contribution in [3.05, 3.63) is 83.3 Å². The van der Waals surface area contributed by atoms with Gasteiger partial charge in [0.1, 0.15) is 12.2 Å². The third-order valence-electron chi connectivity index (χ3n) is 6.72. The predicted molar refractivity (Wildman–Crippen MR) is 115 cm³/mol. The molecule has 5 rings (SSSR count). The van der Waals surface area contributed by atoms with Crippen LogP contribution in [-0.2, 0) is 25.5 Å². The van der Waals surface area contributed by atoms with Gasteiger partial charge in [-0.15, -0.1) is 0 Å². The molecule has 0 radical (unpaired) electrons. The van der Waals surface area contributed by atoms with Gasteiger partial charge in [-0.25, -0.2) is 4.79 Å². The molecular weight excluding hydrogens is 392 g/mol. The van der Waals surface area contributed by atoms with Gasteiger partial charge in [0.25, 0.3) is 0 Å². The maximum atomic E-state index is 12.8. The van der Waals surface area contributed by atoms with Crippen LogP contribution in [0.2, 0.25) is 0 Å². The van der Waals surface area contributed by atoms with E-state index in [1.165, 1.54) is 0 Å². The molecule has 31 heavy (non-hydrogen) atoms. The number of hydrogen-bond acceptors (Lipinski definition) is 5. The summed E-state index contributed by atoms with van der Waals surface area (Å²) in [5, 5.41) is 2.15. The molecule has 0 saturated carbocycles. The quantitative estimate of drug-likeness (QED) is 0.540. The van der Waals surface area contributed by atoms with Crippen molar-refractivity contribution in [2.45, 2.75) is 45.3 Å². The Labute approximate surface area is 180 Å². The van der Waals surface area contributed by atoms with Crippen LogP contribution in [-0.4, -0.2) is 18.0 Å². The van der Waals surface area contributed by atoms with Gasteiger partial charge in [0.15, 0.2) is 0 Å². The Morgan fingerprint density at radius 1 is 1.16 bits per heavy atom. The standard InChI is InChI=1S/C26H24O5/c1-16-21(30-22(27)14-18-8-5-7-17-6-3-4-9-20(17)18)10-12-26(2)23(16)25(28)31-24(26)19-11-13-29-15-19/h3-9,11,13,15,21,24H,10,12,14H2,1-2H3/t21-,24+,26-/m1/s1. The third kappa shape index (κ3) is 3.25. The fraction of sp³-hybridized carbons (Fsp3) is 0.308. The fourth-order valence-corrected chi connectivity index (χ4v) is 5.15. The van der Waals surface area contributed by atoms with Gasteiger partial charge < -0.3 is 13.9 Å². The lowest BCUT2D eigenvalue weighted by Crippen LogP contribution is -2.34. The molecule has 3 atom stereocenters. The molecule has 1 saturated heterocycles. The van der Waals surface area contributed by atoms with Crippen molar-refractivity contribution in [3.63, 3.8) is 0 Å². The van der Waals surface area contributed by atoms with Crippen LogP contribution < -0.4 is 0 Å². The summed E-state index contributed by atoms with van der Waals surface area (Å²) in [5.41, 5.74) is 2.76. The van der Waals surface area contributed by atoms with Crippen LogP contribution in [0, 0.1) is 5.41 Å². The van der Waals surface area contributed by atoms with Crippen LogP contribution in [0.15, 0.2) is 76.6 Å². The first-order valence-corrected chi connectivity index (χ1v) is 10.6. The second kappa shape index (κ2) is 7.41. The first kappa shape index (κ1) is 19.6. The first-order valence-electron chi connectivity index (χ1n) is 10.6. The number of carbonyl (C=O) groups excluding carboxylic acids is 2. The van der Waals surface area contributed by atoms with Gasteiger partial charge in [0.2, 0.25) is 0 Å². The lowest BCUT2D eigenvalue weighted by Gasteiger charge is -2.36. The lowest BCUT2D eigenvalue weighted by atomic mass is 9.67. The van der Waals surface area contributed by atoms with E-state index < -0.39 is 11.5 Å². The van der Waals surface area contributed by atoms with Gasteiger partial charge in [-0.05, 0) is 47.7 Å². The summed E-state index contributed by atoms with van der Waals surface area (Å²) in [4.78, 5) is 25.5. The summed E-state index contributed by atoms with van der Waals surface area (Å²) >= 11 is 0. The summed E-state index contributed by atoms with van der Waals surface area (Å²) in [7, 11) is 0. The Bertz CT molecular complexity index is 1180. The molecule has 1 aromatic heterocycles. The van der Waals surface area contributed by atoms with E-state index in [0.29, 0.717) is 18.4 Å². The summed E-state index contributed by atoms with van der Waals surface area (Å²) in [6.07, 6.45) is 3.95. The molecule has 2 aliphatic rings. The van der Waals surface area contributed by atoms with Gasteiger partial charge in [0, 0.05) is 16.6 Å². The van der Waals surface area contributed by atoms with E-state index in [1.54, 1.807) is 12.5 Å². The van der Waals surface area contributed by atoms with E-state index in [-0.39, 0.29) is 24.5 Å². The van der Waals surface area contributed by atoms with Crippen molar-refractivity contribution in [2.75, 3.05) is 0 Å². The number of esters is 2. The monoisotopic (exact) mass is 416 g/mol. The van der Waals surface area contributed by atoms with E-state index >= 15 is 0 Å². The van der Waals surface area contributed by atoms with Gasteiger partial charge in [-0.2, -0.15) is 0 Å². The predicted octanol–water partition coefficient (Wildman–Crippen LogP) is 5.30. The van der Waals surface area contributed by atoms with E-state index in [4.69, 9.17) is 13.9 Å². The van der Waals surface area contributed by atoms with Crippen LogP contribution >= 0.6 is 0 Å². The van der Waals surface area contributed by atoms with Crippen molar-refractivity contribution in [2.24, 2.45) is 5.41 Å². The van der Waals surface area contributed by atoms with Gasteiger partial charge in [-0.3, -0.25) is 4.79 Å². The van der Waals surface area contributed by atoms with Crippen LogP contribution in [0.3, 0.4) is 0 Å². The van der Waals surface area contributed by atoms with Gasteiger partial charge in [-0.1, -0.05) is 49.4 Å². The lowest BCUT2D eigenvalue weighted by molar-refractivity contribution is -0.147. The molecule has 2 aromatic carbocycles. The Balaban J connectivity index is 1.38. The van der Waals surface area contributed by atoms with Crippen molar-refractivity contribution in [3.8, 4) is 0 Å². The summed E-state index contributed by atoms with van der Waals surface area (Å²) in [6.45, 7) is 3.92. The van der Waals surface area contributed by atoms with Crippen LogP contribution in [0.25, 0.3) is 10.8 Å². The minimum absolute atomic E-state index is 0.194. The number of hydrogen-bond donors (Lipinski definition) is 0. The summed E-state index contributed by atoms with van der Waals surface area (Å²) in [5.74, 6) is -0.622. The minimum atomic E-state index is -0.455. The molecule has 5 nitrogen and oxygen atoms in total. The number of cyclic esters (lactones) is 1. The topological polar surface area (TPSA) is 65.7 Å². The largest absolute Gasteiger partial charge is 0.472 e. The van der Waals surface area contributed by atoms with E-state index in [0.717, 1.165) is 27.5 Å². The fourth-order valence-electron chi connectivity index (χ4n) is 5.15. The maximum absolute atomic E-state index is 12.8. The smallest absolute Gasteiger partial charge is 0.335 e. The van der Waals surface area contributed by atoms with Crippen molar-refractivity contribution in [1.82, 2.24) is 0 Å². The Hall–Kier alpha value is -3.34. The van der Waals surface area contributed by atoms with Gasteiger partial charge in [0.05, 0.1) is 18.9 Å².